The monoisotopic (exact) mass is 596 g/mol. The van der Waals surface area contributed by atoms with Crippen LogP contribution in [0.5, 0.6) is 0 Å². The number of nitrogens with one attached hydrogen (secondary N) is 1. The molecule has 0 saturated carbocycles. The van der Waals surface area contributed by atoms with E-state index in [-0.39, 0.29) is 12.0 Å². The maximum Gasteiger partial charge on any atom is 0.134 e. The first-order valence-corrected chi connectivity index (χ1v) is 16.6. The van der Waals surface area contributed by atoms with Crippen molar-refractivity contribution >= 4 is 11.9 Å². The summed E-state index contributed by atoms with van der Waals surface area (Å²) in [6.07, 6.45) is 29.6. The molecule has 5 N–H and O–H groups in total. The summed E-state index contributed by atoms with van der Waals surface area (Å²) < 4.78 is 5.98. The van der Waals surface area contributed by atoms with Gasteiger partial charge in [0.05, 0.1) is 6.04 Å². The number of benzene rings is 2. The molecule has 6 atom stereocenters. The topological polar surface area (TPSA) is 85.7 Å². The van der Waals surface area contributed by atoms with Gasteiger partial charge in [-0.1, -0.05) is 109 Å². The Morgan fingerprint density at radius 3 is 2.47 bits per heavy atom. The molecule has 7 rings (SSSR count). The van der Waals surface area contributed by atoms with Gasteiger partial charge in [0.15, 0.2) is 0 Å². The molecule has 0 saturated heterocycles. The average Bonchev–Trinajstić information content (AvgIpc) is 3.12. The minimum absolute atomic E-state index is 0.0971. The maximum atomic E-state index is 6.45. The molecule has 1 aliphatic heterocycles. The van der Waals surface area contributed by atoms with Crippen LogP contribution in [-0.2, 0) is 4.74 Å². The van der Waals surface area contributed by atoms with Gasteiger partial charge in [-0.15, -0.1) is 0 Å². The van der Waals surface area contributed by atoms with Gasteiger partial charge in [-0.2, -0.15) is 0 Å². The number of nitrogens with zero attached hydrogens (tertiary/aromatic N) is 1. The second-order valence-corrected chi connectivity index (χ2v) is 12.8. The van der Waals surface area contributed by atoms with E-state index in [1.165, 1.54) is 40.8 Å². The highest BCUT2D eigenvalue weighted by molar-refractivity contribution is 6.00. The Kier molecular flexibility index (Phi) is 8.92. The maximum absolute atomic E-state index is 6.45. The summed E-state index contributed by atoms with van der Waals surface area (Å²) in [6, 6.07) is 18.7. The van der Waals surface area contributed by atoms with E-state index in [4.69, 9.17) is 21.2 Å². The van der Waals surface area contributed by atoms with Crippen molar-refractivity contribution in [1.29, 1.82) is 0 Å². The lowest BCUT2D eigenvalue weighted by atomic mass is 9.78. The average molecular weight is 597 g/mol. The smallest absolute Gasteiger partial charge is 0.134 e. The Morgan fingerprint density at radius 1 is 0.822 bits per heavy atom. The van der Waals surface area contributed by atoms with Crippen LogP contribution < -0.4 is 16.8 Å². The zero-order valence-corrected chi connectivity index (χ0v) is 25.9. The van der Waals surface area contributed by atoms with Crippen LogP contribution >= 0.6 is 0 Å². The summed E-state index contributed by atoms with van der Waals surface area (Å²) in [4.78, 5) is 5.33. The van der Waals surface area contributed by atoms with E-state index in [0.717, 1.165) is 49.1 Å². The molecular formula is C40H44N4O. The van der Waals surface area contributed by atoms with E-state index in [0.29, 0.717) is 11.8 Å². The molecule has 1 heterocycles. The molecule has 230 valence electrons. The van der Waals surface area contributed by atoms with Gasteiger partial charge in [-0.3, -0.25) is 4.99 Å². The molecular weight excluding hydrogens is 552 g/mol. The van der Waals surface area contributed by atoms with Crippen molar-refractivity contribution < 1.29 is 4.74 Å². The lowest BCUT2D eigenvalue weighted by Gasteiger charge is -2.33. The van der Waals surface area contributed by atoms with Crippen molar-refractivity contribution in [1.82, 2.24) is 5.32 Å². The Morgan fingerprint density at radius 2 is 1.69 bits per heavy atom. The number of hydrogen-bond donors (Lipinski definition) is 3. The Labute approximate surface area is 267 Å². The van der Waals surface area contributed by atoms with E-state index in [2.05, 4.69) is 90.3 Å². The number of aliphatic imine (C=N–C) groups is 1. The van der Waals surface area contributed by atoms with E-state index in [1.54, 1.807) is 0 Å². The minimum atomic E-state index is -0.581. The quantitative estimate of drug-likeness (QED) is 0.270. The third kappa shape index (κ3) is 6.67. The summed E-state index contributed by atoms with van der Waals surface area (Å²) in [6.45, 7) is 0. The van der Waals surface area contributed by atoms with Gasteiger partial charge in [0, 0.05) is 23.5 Å². The zero-order chi connectivity index (χ0) is 30.6. The number of amidine groups is 1. The summed E-state index contributed by atoms with van der Waals surface area (Å²) in [7, 11) is 0. The number of allylic oxidation sites excluding steroid dienone is 7. The summed E-state index contributed by atoms with van der Waals surface area (Å²) in [5.74, 6) is 2.05. The number of hydrogen-bond acceptors (Lipinski definition) is 5. The molecule has 5 heteroatoms. The molecule has 6 unspecified atom stereocenters. The largest absolute Gasteiger partial charge is 0.343 e. The van der Waals surface area contributed by atoms with Crippen LogP contribution in [0.3, 0.4) is 0 Å². The first-order chi connectivity index (χ1) is 22.1. The fraction of sp³-hybridized carbons (Fsp3) is 0.325. The van der Waals surface area contributed by atoms with E-state index in [1.807, 2.05) is 30.3 Å². The van der Waals surface area contributed by atoms with Gasteiger partial charge in [0.1, 0.15) is 18.3 Å². The Bertz CT molecular complexity index is 1640. The first kappa shape index (κ1) is 29.7. The van der Waals surface area contributed by atoms with Crippen molar-refractivity contribution in [3.63, 3.8) is 0 Å². The third-order valence-electron chi connectivity index (χ3n) is 9.81. The lowest BCUT2D eigenvalue weighted by molar-refractivity contribution is 0.0146. The van der Waals surface area contributed by atoms with Crippen LogP contribution in [0.25, 0.3) is 6.08 Å². The van der Waals surface area contributed by atoms with Crippen LogP contribution in [0.15, 0.2) is 137 Å². The fourth-order valence-electron chi connectivity index (χ4n) is 7.19. The van der Waals surface area contributed by atoms with Crippen LogP contribution in [0.4, 0.5) is 0 Å². The fourth-order valence-corrected chi connectivity index (χ4v) is 7.19. The zero-order valence-electron chi connectivity index (χ0n) is 25.9. The van der Waals surface area contributed by atoms with Crippen molar-refractivity contribution in [2.45, 2.75) is 69.4 Å². The van der Waals surface area contributed by atoms with Gasteiger partial charge in [0.25, 0.3) is 0 Å². The number of fused-ring (bicyclic) bond motifs is 1. The summed E-state index contributed by atoms with van der Waals surface area (Å²) >= 11 is 0. The Hall–Kier alpha value is -4.03. The molecule has 5 aliphatic rings. The predicted molar refractivity (Wildman–Crippen MR) is 185 cm³/mol. The number of rotatable bonds is 8. The first-order valence-electron chi connectivity index (χ1n) is 16.6. The van der Waals surface area contributed by atoms with Gasteiger partial charge < -0.3 is 21.5 Å². The summed E-state index contributed by atoms with van der Waals surface area (Å²) in [5.41, 5.74) is 21.4. The van der Waals surface area contributed by atoms with Crippen LogP contribution in [0, 0.1) is 11.8 Å². The van der Waals surface area contributed by atoms with Crippen molar-refractivity contribution in [3.05, 3.63) is 148 Å². The number of nitrogens with two attached hydrogens (primary N) is 2. The highest BCUT2D eigenvalue weighted by Crippen LogP contribution is 2.39. The molecule has 0 fully saturated rings. The van der Waals surface area contributed by atoms with Crippen LogP contribution in [0.2, 0.25) is 0 Å². The van der Waals surface area contributed by atoms with E-state index in [9.17, 15) is 0 Å². The molecule has 4 aliphatic carbocycles. The molecule has 0 spiro atoms. The SMILES string of the molecule is NC(OC(N)c1ccccc1)C1=CCC(C2=CC(C3C=CC(C4CC=Cc5ccccc54)=CC3)N=C(C3=CCCCC3)N2)C=C1. The van der Waals surface area contributed by atoms with E-state index >= 15 is 0 Å². The molecule has 0 aromatic heterocycles. The van der Waals surface area contributed by atoms with Gasteiger partial charge in [0.2, 0.25) is 0 Å². The van der Waals surface area contributed by atoms with Crippen molar-refractivity contribution in [3.8, 4) is 0 Å². The van der Waals surface area contributed by atoms with Crippen LogP contribution in [-0.4, -0.2) is 18.1 Å². The summed E-state index contributed by atoms with van der Waals surface area (Å²) in [5, 5.41) is 3.76. The van der Waals surface area contributed by atoms with Gasteiger partial charge >= 0.3 is 0 Å². The van der Waals surface area contributed by atoms with Crippen molar-refractivity contribution in [2.75, 3.05) is 0 Å². The Balaban J connectivity index is 1.06. The van der Waals surface area contributed by atoms with Gasteiger partial charge in [-0.25, -0.2) is 0 Å². The second-order valence-electron chi connectivity index (χ2n) is 12.8. The molecule has 2 aromatic rings. The molecule has 2 aromatic carbocycles. The third-order valence-corrected chi connectivity index (χ3v) is 9.81. The standard InChI is InChI=1S/C40H44N4O/c41-38(31-11-3-1-4-12-31)45-39(42)32-24-22-30(23-25-32)37-26-36(43-40(44-37)33-13-5-2-6-14-33)29-20-18-28(19-21-29)35-17-9-15-27-10-7-8-16-34(27)35/h1,3-4,7-13,15-16,18-20,22,24-26,29-30,35-36,38-39H,2,5-6,14,17,21,23,41-42H2,(H,43,44). The lowest BCUT2D eigenvalue weighted by Crippen LogP contribution is -2.37. The number of ether oxygens (including phenoxy) is 1. The van der Waals surface area contributed by atoms with Gasteiger partial charge in [-0.05, 0) is 84.4 Å². The highest BCUT2D eigenvalue weighted by atomic mass is 16.5. The minimum Gasteiger partial charge on any atom is -0.343 e. The molecule has 5 nitrogen and oxygen atoms in total. The molecule has 0 amide bonds. The normalized spacial score (nSPS) is 27.2. The second kappa shape index (κ2) is 13.5. The van der Waals surface area contributed by atoms with Crippen molar-refractivity contribution in [2.24, 2.45) is 28.3 Å². The molecule has 0 radical (unpaired) electrons. The highest BCUT2D eigenvalue weighted by Gasteiger charge is 2.29. The van der Waals surface area contributed by atoms with Crippen LogP contribution in [0.1, 0.15) is 73.8 Å². The molecule has 0 bridgehead atoms. The molecule has 45 heavy (non-hydrogen) atoms. The predicted octanol–water partition coefficient (Wildman–Crippen LogP) is 7.91. The van der Waals surface area contributed by atoms with E-state index < -0.39 is 12.5 Å².